The number of rotatable bonds is 4. The van der Waals surface area contributed by atoms with Crippen LogP contribution in [0.15, 0.2) is 48.5 Å². The Morgan fingerprint density at radius 2 is 1.06 bits per heavy atom. The second-order valence-electron chi connectivity index (χ2n) is 9.32. The standard InChI is InChI=1S/C26H32N4O2/c1-3-17-29-23(31)19-9-5-7-11-21(19)27-25(29)13-15-26(16-14-25)28-22-12-8-6-10-20(22)24(32)30(26)18-4-2/h5-12,27-28H,3-4,13-18H2,1-2H3. The van der Waals surface area contributed by atoms with E-state index in [0.29, 0.717) is 0 Å². The first kappa shape index (κ1) is 20.9. The van der Waals surface area contributed by atoms with Gasteiger partial charge in [-0.15, -0.1) is 0 Å². The van der Waals surface area contributed by atoms with Gasteiger partial charge in [0.05, 0.1) is 11.1 Å². The van der Waals surface area contributed by atoms with Crippen molar-refractivity contribution < 1.29 is 9.59 Å². The van der Waals surface area contributed by atoms with Crippen molar-refractivity contribution in [3.8, 4) is 0 Å². The van der Waals surface area contributed by atoms with E-state index in [1.54, 1.807) is 0 Å². The topological polar surface area (TPSA) is 64.7 Å². The summed E-state index contributed by atoms with van der Waals surface area (Å²) in [5.41, 5.74) is 2.52. The molecule has 1 saturated carbocycles. The minimum absolute atomic E-state index is 0.112. The zero-order chi connectivity index (χ0) is 22.3. The lowest BCUT2D eigenvalue weighted by Crippen LogP contribution is -2.68. The smallest absolute Gasteiger partial charge is 0.257 e. The summed E-state index contributed by atoms with van der Waals surface area (Å²) in [6.07, 6.45) is 4.97. The molecule has 2 spiro atoms. The molecule has 32 heavy (non-hydrogen) atoms. The molecule has 1 fully saturated rings. The summed E-state index contributed by atoms with van der Waals surface area (Å²) < 4.78 is 0. The number of carbonyl (C=O) groups excluding carboxylic acids is 2. The van der Waals surface area contributed by atoms with Crippen molar-refractivity contribution in [2.75, 3.05) is 23.7 Å². The molecule has 2 aromatic rings. The molecule has 5 rings (SSSR count). The average molecular weight is 433 g/mol. The third kappa shape index (κ3) is 3.07. The maximum absolute atomic E-state index is 13.4. The van der Waals surface area contributed by atoms with Crippen molar-refractivity contribution in [3.63, 3.8) is 0 Å². The number of nitrogens with one attached hydrogen (secondary N) is 2. The lowest BCUT2D eigenvalue weighted by atomic mass is 9.76. The first-order chi connectivity index (χ1) is 15.5. The summed E-state index contributed by atoms with van der Waals surface area (Å²) in [6, 6.07) is 15.6. The number of para-hydroxylation sites is 2. The third-order valence-corrected chi connectivity index (χ3v) is 7.37. The molecule has 1 aliphatic carbocycles. The molecule has 3 aliphatic rings. The Bertz CT molecular complexity index is 958. The summed E-state index contributed by atoms with van der Waals surface area (Å²) in [6.45, 7) is 5.68. The Kier molecular flexibility index (Phi) is 5.11. The third-order valence-electron chi connectivity index (χ3n) is 7.37. The highest BCUT2D eigenvalue weighted by Crippen LogP contribution is 2.47. The van der Waals surface area contributed by atoms with Gasteiger partial charge in [0.2, 0.25) is 0 Å². The lowest BCUT2D eigenvalue weighted by molar-refractivity contribution is 0.000834. The Labute approximate surface area is 190 Å². The number of carbonyl (C=O) groups is 2. The fourth-order valence-corrected chi connectivity index (χ4v) is 5.82. The van der Waals surface area contributed by atoms with Gasteiger partial charge in [0.15, 0.2) is 0 Å². The van der Waals surface area contributed by atoms with Crippen molar-refractivity contribution in [2.24, 2.45) is 0 Å². The number of hydrogen-bond acceptors (Lipinski definition) is 4. The number of nitrogens with zero attached hydrogens (tertiary/aromatic N) is 2. The molecule has 168 valence electrons. The van der Waals surface area contributed by atoms with Crippen LogP contribution in [0.1, 0.15) is 73.1 Å². The number of benzene rings is 2. The van der Waals surface area contributed by atoms with Crippen molar-refractivity contribution in [3.05, 3.63) is 59.7 Å². The van der Waals surface area contributed by atoms with Gasteiger partial charge in [-0.1, -0.05) is 38.1 Å². The Hall–Kier alpha value is -3.02. The van der Waals surface area contributed by atoms with Crippen LogP contribution in [0.3, 0.4) is 0 Å². The largest absolute Gasteiger partial charge is 0.362 e. The van der Waals surface area contributed by atoms with E-state index in [-0.39, 0.29) is 11.8 Å². The SMILES string of the molecule is CCCN1C(=O)c2ccccc2NC12CCC1(CC2)Nc2ccccc2C(=O)N1CCC. The highest BCUT2D eigenvalue weighted by Gasteiger charge is 2.54. The van der Waals surface area contributed by atoms with Gasteiger partial charge in [0.1, 0.15) is 11.3 Å². The maximum Gasteiger partial charge on any atom is 0.257 e. The van der Waals surface area contributed by atoms with E-state index < -0.39 is 11.3 Å². The molecular weight excluding hydrogens is 400 g/mol. The predicted octanol–water partition coefficient (Wildman–Crippen LogP) is 4.91. The van der Waals surface area contributed by atoms with Crippen LogP contribution in [0, 0.1) is 0 Å². The molecule has 2 aromatic carbocycles. The van der Waals surface area contributed by atoms with E-state index in [0.717, 1.165) is 74.1 Å². The predicted molar refractivity (Wildman–Crippen MR) is 127 cm³/mol. The fourth-order valence-electron chi connectivity index (χ4n) is 5.82. The monoisotopic (exact) mass is 432 g/mol. The van der Waals surface area contributed by atoms with Crippen LogP contribution in [-0.2, 0) is 0 Å². The van der Waals surface area contributed by atoms with Crippen molar-refractivity contribution in [1.29, 1.82) is 0 Å². The number of hydrogen-bond donors (Lipinski definition) is 2. The minimum atomic E-state index is -0.410. The van der Waals surface area contributed by atoms with E-state index >= 15 is 0 Å². The van der Waals surface area contributed by atoms with Crippen LogP contribution >= 0.6 is 0 Å². The molecule has 0 radical (unpaired) electrons. The molecular formula is C26H32N4O2. The number of anilines is 2. The normalized spacial score (nSPS) is 26.6. The molecule has 0 unspecified atom stereocenters. The first-order valence-corrected chi connectivity index (χ1v) is 11.9. The Balaban J connectivity index is 1.49. The average Bonchev–Trinajstić information content (AvgIpc) is 2.81. The Morgan fingerprint density at radius 3 is 1.44 bits per heavy atom. The van der Waals surface area contributed by atoms with E-state index in [1.165, 1.54) is 0 Å². The van der Waals surface area contributed by atoms with E-state index in [4.69, 9.17) is 0 Å². The number of amides is 2. The molecule has 0 aromatic heterocycles. The maximum atomic E-state index is 13.4. The summed E-state index contributed by atoms with van der Waals surface area (Å²) in [4.78, 5) is 31.0. The fraction of sp³-hybridized carbons (Fsp3) is 0.462. The molecule has 0 atom stereocenters. The van der Waals surface area contributed by atoms with Crippen molar-refractivity contribution in [1.82, 2.24) is 9.80 Å². The molecule has 6 nitrogen and oxygen atoms in total. The first-order valence-electron chi connectivity index (χ1n) is 11.9. The molecule has 2 amide bonds. The van der Waals surface area contributed by atoms with Gasteiger partial charge >= 0.3 is 0 Å². The van der Waals surface area contributed by atoms with Crippen LogP contribution in [0.25, 0.3) is 0 Å². The van der Waals surface area contributed by atoms with Gasteiger partial charge in [-0.25, -0.2) is 0 Å². The van der Waals surface area contributed by atoms with Gasteiger partial charge in [0, 0.05) is 24.5 Å². The highest BCUT2D eigenvalue weighted by molar-refractivity contribution is 6.03. The number of fused-ring (bicyclic) bond motifs is 2. The van der Waals surface area contributed by atoms with Crippen LogP contribution in [0.2, 0.25) is 0 Å². The van der Waals surface area contributed by atoms with Crippen molar-refractivity contribution in [2.45, 2.75) is 63.7 Å². The van der Waals surface area contributed by atoms with Gasteiger partial charge in [-0.3, -0.25) is 9.59 Å². The molecule has 2 N–H and O–H groups in total. The summed E-state index contributed by atoms with van der Waals surface area (Å²) >= 11 is 0. The van der Waals surface area contributed by atoms with E-state index in [2.05, 4.69) is 24.5 Å². The second kappa shape index (κ2) is 7.84. The molecule has 2 aliphatic heterocycles. The van der Waals surface area contributed by atoms with Crippen LogP contribution in [-0.4, -0.2) is 46.0 Å². The Morgan fingerprint density at radius 1 is 0.688 bits per heavy atom. The zero-order valence-corrected chi connectivity index (χ0v) is 19.0. The van der Waals surface area contributed by atoms with Gasteiger partial charge in [-0.05, 0) is 62.8 Å². The van der Waals surface area contributed by atoms with Crippen molar-refractivity contribution >= 4 is 23.2 Å². The summed E-state index contributed by atoms with van der Waals surface area (Å²) in [5.74, 6) is 0.223. The van der Waals surface area contributed by atoms with Crippen LogP contribution in [0.5, 0.6) is 0 Å². The van der Waals surface area contributed by atoms with E-state index in [9.17, 15) is 9.59 Å². The minimum Gasteiger partial charge on any atom is -0.362 e. The van der Waals surface area contributed by atoms with Gasteiger partial charge in [-0.2, -0.15) is 0 Å². The highest BCUT2D eigenvalue weighted by atomic mass is 16.2. The van der Waals surface area contributed by atoms with Crippen LogP contribution < -0.4 is 10.6 Å². The summed E-state index contributed by atoms with van der Waals surface area (Å²) in [5, 5.41) is 7.50. The molecule has 0 bridgehead atoms. The zero-order valence-electron chi connectivity index (χ0n) is 19.0. The quantitative estimate of drug-likeness (QED) is 0.721. The van der Waals surface area contributed by atoms with Crippen LogP contribution in [0.4, 0.5) is 11.4 Å². The molecule has 0 saturated heterocycles. The lowest BCUT2D eigenvalue weighted by Gasteiger charge is -2.58. The van der Waals surface area contributed by atoms with Gasteiger partial charge in [0.25, 0.3) is 11.8 Å². The second-order valence-corrected chi connectivity index (χ2v) is 9.32. The summed E-state index contributed by atoms with van der Waals surface area (Å²) in [7, 11) is 0. The molecule has 6 heteroatoms. The molecule has 2 heterocycles. The van der Waals surface area contributed by atoms with Gasteiger partial charge < -0.3 is 20.4 Å². The van der Waals surface area contributed by atoms with E-state index in [1.807, 2.05) is 58.3 Å².